The average Bonchev–Trinajstić information content (AvgIpc) is 3.69. The maximum atomic E-state index is 13.6. The molecular formula is C25H30N4O5S. The molecule has 0 saturated heterocycles. The number of aliphatic hydroxyl groups is 1. The number of carbonyl (C=O) groups is 1. The second-order valence-corrected chi connectivity index (χ2v) is 11.1. The van der Waals surface area contributed by atoms with E-state index in [1.54, 1.807) is 26.1 Å². The van der Waals surface area contributed by atoms with Crippen LogP contribution in [0.2, 0.25) is 0 Å². The van der Waals surface area contributed by atoms with E-state index < -0.39 is 22.2 Å². The molecule has 1 amide bonds. The number of aromatic nitrogens is 2. The summed E-state index contributed by atoms with van der Waals surface area (Å²) in [5.41, 5.74) is 0.883. The van der Waals surface area contributed by atoms with Gasteiger partial charge in [0.1, 0.15) is 22.4 Å². The van der Waals surface area contributed by atoms with Crippen molar-refractivity contribution in [2.45, 2.75) is 43.7 Å². The van der Waals surface area contributed by atoms with Gasteiger partial charge in [-0.3, -0.25) is 9.78 Å². The fourth-order valence-electron chi connectivity index (χ4n) is 3.89. The summed E-state index contributed by atoms with van der Waals surface area (Å²) < 4.78 is 34.7. The lowest BCUT2D eigenvalue weighted by atomic mass is 10.0. The number of likely N-dealkylation sites (N-methyl/N-ethyl adjacent to an activating group) is 1. The lowest BCUT2D eigenvalue weighted by Gasteiger charge is -2.37. The number of nitrogens with zero attached hydrogens (tertiary/aromatic N) is 4. The van der Waals surface area contributed by atoms with Crippen molar-refractivity contribution < 1.29 is 23.1 Å². The van der Waals surface area contributed by atoms with Crippen molar-refractivity contribution >= 4 is 15.9 Å². The molecule has 1 aromatic heterocycles. The summed E-state index contributed by atoms with van der Waals surface area (Å²) in [6.45, 7) is 3.56. The van der Waals surface area contributed by atoms with Crippen LogP contribution in [0.1, 0.15) is 42.7 Å². The van der Waals surface area contributed by atoms with Gasteiger partial charge in [-0.05, 0) is 38.0 Å². The van der Waals surface area contributed by atoms with E-state index >= 15 is 0 Å². The number of amides is 1. The molecule has 4 rings (SSSR count). The summed E-state index contributed by atoms with van der Waals surface area (Å²) in [7, 11) is -2.28. The van der Waals surface area contributed by atoms with Gasteiger partial charge >= 0.3 is 0 Å². The van der Waals surface area contributed by atoms with Gasteiger partial charge in [0.15, 0.2) is 0 Å². The highest BCUT2D eigenvalue weighted by Gasteiger charge is 2.38. The third kappa shape index (κ3) is 5.64. The van der Waals surface area contributed by atoms with Crippen molar-refractivity contribution in [2.24, 2.45) is 11.8 Å². The molecule has 3 atom stereocenters. The molecule has 35 heavy (non-hydrogen) atoms. The SMILES string of the molecule is C[C@@H]1CN([C@@H](C)CO)S(=O)(=O)c2ccc(C#CC3CC3)cc2O[C@H]1CN(C)C(=O)c1cnccn1. The van der Waals surface area contributed by atoms with E-state index in [0.717, 1.165) is 12.8 Å². The van der Waals surface area contributed by atoms with Crippen LogP contribution in [0.3, 0.4) is 0 Å². The summed E-state index contributed by atoms with van der Waals surface area (Å²) in [6, 6.07) is 4.22. The minimum Gasteiger partial charge on any atom is -0.487 e. The van der Waals surface area contributed by atoms with Crippen LogP contribution in [0.4, 0.5) is 0 Å². The van der Waals surface area contributed by atoms with Crippen LogP contribution in [0, 0.1) is 23.7 Å². The normalized spacial score (nSPS) is 22.4. The van der Waals surface area contributed by atoms with Gasteiger partial charge in [-0.15, -0.1) is 0 Å². The molecule has 10 heteroatoms. The number of rotatable bonds is 5. The predicted molar refractivity (Wildman–Crippen MR) is 129 cm³/mol. The first kappa shape index (κ1) is 25.1. The van der Waals surface area contributed by atoms with E-state index in [2.05, 4.69) is 21.8 Å². The molecule has 1 aromatic carbocycles. The first-order chi connectivity index (χ1) is 16.7. The van der Waals surface area contributed by atoms with Crippen LogP contribution >= 0.6 is 0 Å². The molecule has 9 nitrogen and oxygen atoms in total. The maximum absolute atomic E-state index is 13.6. The minimum atomic E-state index is -3.93. The van der Waals surface area contributed by atoms with Gasteiger partial charge in [-0.1, -0.05) is 18.8 Å². The smallest absolute Gasteiger partial charge is 0.273 e. The Morgan fingerprint density at radius 1 is 1.34 bits per heavy atom. The molecule has 1 N–H and O–H groups in total. The molecule has 186 valence electrons. The molecule has 0 spiro atoms. The number of hydrogen-bond donors (Lipinski definition) is 1. The van der Waals surface area contributed by atoms with E-state index in [1.807, 2.05) is 6.92 Å². The van der Waals surface area contributed by atoms with Crippen molar-refractivity contribution in [1.29, 1.82) is 0 Å². The van der Waals surface area contributed by atoms with Gasteiger partial charge in [-0.25, -0.2) is 13.4 Å². The van der Waals surface area contributed by atoms with Crippen LogP contribution in [-0.2, 0) is 10.0 Å². The Morgan fingerprint density at radius 3 is 2.77 bits per heavy atom. The van der Waals surface area contributed by atoms with E-state index in [9.17, 15) is 18.3 Å². The standard InChI is InChI=1S/C25H30N4O5S/c1-17-14-29(18(2)16-30)35(32,33)24-9-8-20(7-6-19-4-5-19)12-22(24)34-23(17)15-28(3)25(31)21-13-26-10-11-27-21/h8-13,17-19,23,30H,4-5,14-16H2,1-3H3/t17-,18+,23+/m1/s1. The molecule has 1 saturated carbocycles. The number of aliphatic hydroxyl groups excluding tert-OH is 1. The van der Waals surface area contributed by atoms with Crippen molar-refractivity contribution in [2.75, 3.05) is 26.7 Å². The topological polar surface area (TPSA) is 113 Å². The third-order valence-electron chi connectivity index (χ3n) is 6.25. The fourth-order valence-corrected chi connectivity index (χ4v) is 5.72. The number of hydrogen-bond acceptors (Lipinski definition) is 7. The van der Waals surface area contributed by atoms with E-state index in [1.165, 1.54) is 33.9 Å². The molecule has 2 heterocycles. The molecule has 1 aliphatic carbocycles. The van der Waals surface area contributed by atoms with Gasteiger partial charge in [0.05, 0.1) is 19.3 Å². The van der Waals surface area contributed by atoms with Crippen molar-refractivity contribution in [3.63, 3.8) is 0 Å². The van der Waals surface area contributed by atoms with Gasteiger partial charge in [0.2, 0.25) is 10.0 Å². The largest absolute Gasteiger partial charge is 0.487 e. The molecular weight excluding hydrogens is 468 g/mol. The lowest BCUT2D eigenvalue weighted by Crippen LogP contribution is -2.50. The highest BCUT2D eigenvalue weighted by Crippen LogP contribution is 2.34. The summed E-state index contributed by atoms with van der Waals surface area (Å²) in [6.07, 6.45) is 6.00. The summed E-state index contributed by atoms with van der Waals surface area (Å²) in [5.74, 6) is 6.29. The lowest BCUT2D eigenvalue weighted by molar-refractivity contribution is 0.0559. The fraction of sp³-hybridized carbons (Fsp3) is 0.480. The summed E-state index contributed by atoms with van der Waals surface area (Å²) in [5, 5.41) is 9.78. The minimum absolute atomic E-state index is 0.0228. The number of carbonyl (C=O) groups excluding carboxylic acids is 1. The first-order valence-corrected chi connectivity index (χ1v) is 13.1. The average molecular weight is 499 g/mol. The molecule has 2 aromatic rings. The highest BCUT2D eigenvalue weighted by molar-refractivity contribution is 7.89. The number of ether oxygens (including phenoxy) is 1. The van der Waals surface area contributed by atoms with Crippen molar-refractivity contribution in [3.8, 4) is 17.6 Å². The van der Waals surface area contributed by atoms with Gasteiger partial charge < -0.3 is 14.7 Å². The van der Waals surface area contributed by atoms with Crippen LogP contribution < -0.4 is 4.74 Å². The van der Waals surface area contributed by atoms with Gasteiger partial charge in [0.25, 0.3) is 5.91 Å². The maximum Gasteiger partial charge on any atom is 0.273 e. The van der Waals surface area contributed by atoms with Crippen molar-refractivity contribution in [1.82, 2.24) is 19.2 Å². The Labute approximate surface area is 206 Å². The van der Waals surface area contributed by atoms with Crippen LogP contribution in [0.25, 0.3) is 0 Å². The molecule has 1 fully saturated rings. The second-order valence-electron chi connectivity index (χ2n) is 9.22. The Morgan fingerprint density at radius 2 is 2.11 bits per heavy atom. The summed E-state index contributed by atoms with van der Waals surface area (Å²) in [4.78, 5) is 22.4. The van der Waals surface area contributed by atoms with Crippen LogP contribution in [-0.4, -0.2) is 77.5 Å². The molecule has 0 radical (unpaired) electrons. The zero-order valence-corrected chi connectivity index (χ0v) is 20.9. The predicted octanol–water partition coefficient (Wildman–Crippen LogP) is 1.78. The van der Waals surface area contributed by atoms with Crippen molar-refractivity contribution in [3.05, 3.63) is 48.0 Å². The van der Waals surface area contributed by atoms with Crippen LogP contribution in [0.5, 0.6) is 5.75 Å². The third-order valence-corrected chi connectivity index (χ3v) is 8.27. The number of fused-ring (bicyclic) bond motifs is 1. The Kier molecular flexibility index (Phi) is 7.40. The Bertz CT molecular complexity index is 1240. The van der Waals surface area contributed by atoms with Gasteiger partial charge in [-0.2, -0.15) is 4.31 Å². The van der Waals surface area contributed by atoms with Crippen LogP contribution in [0.15, 0.2) is 41.7 Å². The zero-order valence-electron chi connectivity index (χ0n) is 20.1. The molecule has 0 unspecified atom stereocenters. The second kappa shape index (κ2) is 10.3. The van der Waals surface area contributed by atoms with E-state index in [0.29, 0.717) is 11.5 Å². The first-order valence-electron chi connectivity index (χ1n) is 11.7. The zero-order chi connectivity index (χ0) is 25.2. The Hall–Kier alpha value is -3.00. The van der Waals surface area contributed by atoms with E-state index in [4.69, 9.17) is 4.74 Å². The van der Waals surface area contributed by atoms with Gasteiger partial charge in [0, 0.05) is 49.4 Å². The number of benzene rings is 1. The quantitative estimate of drug-likeness (QED) is 0.625. The highest BCUT2D eigenvalue weighted by atomic mass is 32.2. The molecule has 2 aliphatic rings. The molecule has 0 bridgehead atoms. The monoisotopic (exact) mass is 498 g/mol. The number of sulfonamides is 1. The molecule has 1 aliphatic heterocycles. The Balaban J connectivity index is 1.69. The van der Waals surface area contributed by atoms with E-state index in [-0.39, 0.29) is 47.9 Å². The summed E-state index contributed by atoms with van der Waals surface area (Å²) >= 11 is 0.